The smallest absolute Gasteiger partial charge is 0.409 e. The van der Waals surface area contributed by atoms with E-state index in [1.165, 1.54) is 12.1 Å². The first-order valence-electron chi connectivity index (χ1n) is 8.67. The minimum absolute atomic E-state index is 0.225. The molecule has 142 valence electrons. The number of rotatable bonds is 5. The summed E-state index contributed by atoms with van der Waals surface area (Å²) >= 11 is 0. The minimum atomic E-state index is -0.965. The number of nitrogens with zero attached hydrogens (tertiary/aromatic N) is 4. The van der Waals surface area contributed by atoms with E-state index >= 15 is 0 Å². The molecule has 0 bridgehead atoms. The summed E-state index contributed by atoms with van der Waals surface area (Å²) in [6.45, 7) is 4.50. The van der Waals surface area contributed by atoms with Gasteiger partial charge in [0.25, 0.3) is 0 Å². The molecule has 9 nitrogen and oxygen atoms in total. The van der Waals surface area contributed by atoms with Crippen LogP contribution in [0.4, 0.5) is 22.2 Å². The molecular weight excluding hydrogens is 350 g/mol. The van der Waals surface area contributed by atoms with Gasteiger partial charge in [0.05, 0.1) is 12.2 Å². The number of hydrogen-bond acceptors (Lipinski definition) is 7. The van der Waals surface area contributed by atoms with E-state index in [1.807, 2.05) is 4.90 Å². The van der Waals surface area contributed by atoms with Crippen LogP contribution in [-0.4, -0.2) is 64.8 Å². The number of aromatic nitrogens is 2. The molecule has 27 heavy (non-hydrogen) atoms. The molecule has 1 aliphatic rings. The van der Waals surface area contributed by atoms with Gasteiger partial charge in [-0.3, -0.25) is 0 Å². The van der Waals surface area contributed by atoms with Gasteiger partial charge in [-0.05, 0) is 37.3 Å². The largest absolute Gasteiger partial charge is 0.478 e. The number of benzene rings is 1. The fourth-order valence-electron chi connectivity index (χ4n) is 2.72. The van der Waals surface area contributed by atoms with Crippen molar-refractivity contribution in [2.75, 3.05) is 43.0 Å². The number of carbonyl (C=O) groups is 2. The van der Waals surface area contributed by atoms with Gasteiger partial charge in [-0.25, -0.2) is 14.6 Å². The summed E-state index contributed by atoms with van der Waals surface area (Å²) in [6.07, 6.45) is 1.37. The van der Waals surface area contributed by atoms with Crippen molar-refractivity contribution in [2.45, 2.75) is 6.92 Å². The number of anilines is 3. The standard InChI is InChI=1S/C18H21N5O4/c1-2-27-18(26)23-11-9-22(10-12-23)17-19-8-7-15(21-17)20-14-5-3-13(4-6-14)16(24)25/h3-8H,2,9-12H2,1H3,(H,24,25)(H,19,20,21). The van der Waals surface area contributed by atoms with Crippen LogP contribution in [0.5, 0.6) is 0 Å². The second-order valence-electron chi connectivity index (χ2n) is 5.92. The molecule has 0 unspecified atom stereocenters. The quantitative estimate of drug-likeness (QED) is 0.823. The van der Waals surface area contributed by atoms with Crippen LogP contribution in [0.2, 0.25) is 0 Å². The van der Waals surface area contributed by atoms with Gasteiger partial charge in [0.15, 0.2) is 0 Å². The molecule has 0 spiro atoms. The number of amides is 1. The summed E-state index contributed by atoms with van der Waals surface area (Å²) in [4.78, 5) is 35.2. The third kappa shape index (κ3) is 4.63. The van der Waals surface area contributed by atoms with Crippen LogP contribution in [0.1, 0.15) is 17.3 Å². The number of aromatic carboxylic acids is 1. The zero-order chi connectivity index (χ0) is 19.2. The van der Waals surface area contributed by atoms with Crippen molar-refractivity contribution in [3.05, 3.63) is 42.1 Å². The van der Waals surface area contributed by atoms with E-state index in [4.69, 9.17) is 9.84 Å². The minimum Gasteiger partial charge on any atom is -0.478 e. The Morgan fingerprint density at radius 3 is 2.48 bits per heavy atom. The van der Waals surface area contributed by atoms with Crippen molar-refractivity contribution < 1.29 is 19.4 Å². The van der Waals surface area contributed by atoms with E-state index in [0.717, 1.165) is 5.69 Å². The van der Waals surface area contributed by atoms with Gasteiger partial charge in [-0.15, -0.1) is 0 Å². The molecule has 2 N–H and O–H groups in total. The summed E-state index contributed by atoms with van der Waals surface area (Å²) in [5.41, 5.74) is 0.958. The molecule has 3 rings (SSSR count). The first kappa shape index (κ1) is 18.4. The number of carboxylic acid groups (broad SMARTS) is 1. The number of ether oxygens (including phenoxy) is 1. The molecule has 1 amide bonds. The SMILES string of the molecule is CCOC(=O)N1CCN(c2nccc(Nc3ccc(C(=O)O)cc3)n2)CC1. The van der Waals surface area contributed by atoms with Gasteiger partial charge >= 0.3 is 12.1 Å². The fraction of sp³-hybridized carbons (Fsp3) is 0.333. The van der Waals surface area contributed by atoms with Crippen molar-refractivity contribution in [3.8, 4) is 0 Å². The second-order valence-corrected chi connectivity index (χ2v) is 5.92. The Morgan fingerprint density at radius 2 is 1.85 bits per heavy atom. The van der Waals surface area contributed by atoms with Gasteiger partial charge in [0.1, 0.15) is 5.82 Å². The summed E-state index contributed by atoms with van der Waals surface area (Å²) in [5.74, 6) is 0.217. The van der Waals surface area contributed by atoms with E-state index in [-0.39, 0.29) is 11.7 Å². The maximum absolute atomic E-state index is 11.8. The first-order valence-corrected chi connectivity index (χ1v) is 8.67. The molecule has 1 aliphatic heterocycles. The summed E-state index contributed by atoms with van der Waals surface area (Å²) < 4.78 is 5.02. The maximum atomic E-state index is 11.8. The summed E-state index contributed by atoms with van der Waals surface area (Å²) in [6, 6.07) is 8.17. The van der Waals surface area contributed by atoms with Crippen molar-refractivity contribution in [1.82, 2.24) is 14.9 Å². The highest BCUT2D eigenvalue weighted by molar-refractivity contribution is 5.88. The van der Waals surface area contributed by atoms with Crippen molar-refractivity contribution in [2.24, 2.45) is 0 Å². The molecule has 2 aromatic rings. The number of hydrogen-bond donors (Lipinski definition) is 2. The normalized spacial score (nSPS) is 14.0. The molecule has 0 radical (unpaired) electrons. The molecular formula is C18H21N5O4. The van der Waals surface area contributed by atoms with Gasteiger partial charge < -0.3 is 25.0 Å². The zero-order valence-corrected chi connectivity index (χ0v) is 15.0. The molecule has 1 aromatic heterocycles. The lowest BCUT2D eigenvalue weighted by molar-refractivity contribution is 0.0696. The lowest BCUT2D eigenvalue weighted by Crippen LogP contribution is -2.49. The Balaban J connectivity index is 1.62. The summed E-state index contributed by atoms with van der Waals surface area (Å²) in [7, 11) is 0. The molecule has 9 heteroatoms. The highest BCUT2D eigenvalue weighted by Gasteiger charge is 2.23. The Hall–Kier alpha value is -3.36. The van der Waals surface area contributed by atoms with E-state index in [1.54, 1.807) is 36.2 Å². The van der Waals surface area contributed by atoms with Crippen molar-refractivity contribution in [1.29, 1.82) is 0 Å². The van der Waals surface area contributed by atoms with Gasteiger partial charge in [-0.2, -0.15) is 4.98 Å². The number of nitrogens with one attached hydrogen (secondary N) is 1. The van der Waals surface area contributed by atoms with Crippen LogP contribution < -0.4 is 10.2 Å². The number of carbonyl (C=O) groups excluding carboxylic acids is 1. The van der Waals surface area contributed by atoms with Gasteiger partial charge in [0.2, 0.25) is 5.95 Å². The summed E-state index contributed by atoms with van der Waals surface area (Å²) in [5, 5.41) is 12.1. The molecule has 2 heterocycles. The Bertz CT molecular complexity index is 804. The predicted molar refractivity (Wildman–Crippen MR) is 99.5 cm³/mol. The van der Waals surface area contributed by atoms with Gasteiger partial charge in [0, 0.05) is 38.1 Å². The van der Waals surface area contributed by atoms with Gasteiger partial charge in [-0.1, -0.05) is 0 Å². The van der Waals surface area contributed by atoms with Crippen LogP contribution in [-0.2, 0) is 4.74 Å². The zero-order valence-electron chi connectivity index (χ0n) is 15.0. The van der Waals surface area contributed by atoms with Crippen LogP contribution >= 0.6 is 0 Å². The number of carboxylic acids is 1. The van der Waals surface area contributed by atoms with Crippen LogP contribution in [0.3, 0.4) is 0 Å². The average molecular weight is 371 g/mol. The average Bonchev–Trinajstić information content (AvgIpc) is 2.69. The Morgan fingerprint density at radius 1 is 1.15 bits per heavy atom. The third-order valence-corrected chi connectivity index (χ3v) is 4.14. The predicted octanol–water partition coefficient (Wildman–Crippen LogP) is 2.20. The van der Waals surface area contributed by atoms with E-state index < -0.39 is 5.97 Å². The lowest BCUT2D eigenvalue weighted by atomic mass is 10.2. The van der Waals surface area contributed by atoms with E-state index in [9.17, 15) is 9.59 Å². The monoisotopic (exact) mass is 371 g/mol. The highest BCUT2D eigenvalue weighted by atomic mass is 16.6. The molecule has 1 aromatic carbocycles. The van der Waals surface area contributed by atoms with Crippen LogP contribution in [0, 0.1) is 0 Å². The molecule has 0 saturated carbocycles. The number of piperazine rings is 1. The lowest BCUT2D eigenvalue weighted by Gasteiger charge is -2.34. The molecule has 0 aliphatic carbocycles. The second kappa shape index (κ2) is 8.35. The highest BCUT2D eigenvalue weighted by Crippen LogP contribution is 2.18. The Labute approximate surface area is 156 Å². The first-order chi connectivity index (χ1) is 13.1. The van der Waals surface area contributed by atoms with Crippen LogP contribution in [0.15, 0.2) is 36.5 Å². The van der Waals surface area contributed by atoms with Crippen molar-refractivity contribution >= 4 is 29.5 Å². The molecule has 1 saturated heterocycles. The maximum Gasteiger partial charge on any atom is 0.409 e. The fourth-order valence-corrected chi connectivity index (χ4v) is 2.72. The van der Waals surface area contributed by atoms with Crippen molar-refractivity contribution in [3.63, 3.8) is 0 Å². The third-order valence-electron chi connectivity index (χ3n) is 4.14. The molecule has 0 atom stereocenters. The topological polar surface area (TPSA) is 108 Å². The molecule has 1 fully saturated rings. The van der Waals surface area contributed by atoms with Crippen LogP contribution in [0.25, 0.3) is 0 Å². The Kier molecular flexibility index (Phi) is 5.70. The van der Waals surface area contributed by atoms with E-state index in [0.29, 0.717) is 44.6 Å². The van der Waals surface area contributed by atoms with E-state index in [2.05, 4.69) is 15.3 Å².